The van der Waals surface area contributed by atoms with Gasteiger partial charge in [-0.05, 0) is 6.92 Å². The summed E-state index contributed by atoms with van der Waals surface area (Å²) in [5, 5.41) is 14.7. The van der Waals surface area contributed by atoms with Crippen LogP contribution < -0.4 is 4.90 Å². The molecule has 0 saturated carbocycles. The fourth-order valence-corrected chi connectivity index (χ4v) is 2.88. The minimum absolute atomic E-state index is 0.588. The molecule has 0 atom stereocenters. The molecule has 0 fully saturated rings. The van der Waals surface area contributed by atoms with Crippen molar-refractivity contribution in [2.45, 2.75) is 13.3 Å². The standard InChI is InChI=1S/C14H17N7O/c1-10-6-11-14(20(7-10)13-4-5-15-18(13)2)21-9-19(22-3)8-12(21)17-16-11/h4-5,7-8H,6,9H2,1-3H3. The SMILES string of the molecule is CON1C=C2N=NC3=C(N2C1)N(c1ccnn1C)C=C(C)C3. The number of rotatable bonds is 2. The van der Waals surface area contributed by atoms with Crippen LogP contribution in [0.5, 0.6) is 0 Å². The van der Waals surface area contributed by atoms with Crippen LogP contribution in [0.25, 0.3) is 0 Å². The lowest BCUT2D eigenvalue weighted by Gasteiger charge is -2.36. The van der Waals surface area contributed by atoms with Gasteiger partial charge in [-0.1, -0.05) is 5.57 Å². The summed E-state index contributed by atoms with van der Waals surface area (Å²) in [6.45, 7) is 2.68. The number of aromatic nitrogens is 2. The highest BCUT2D eigenvalue weighted by atomic mass is 16.7. The lowest BCUT2D eigenvalue weighted by Crippen LogP contribution is -2.38. The van der Waals surface area contributed by atoms with Crippen molar-refractivity contribution >= 4 is 5.82 Å². The predicted molar refractivity (Wildman–Crippen MR) is 79.6 cm³/mol. The first-order valence-corrected chi connectivity index (χ1v) is 7.07. The average molecular weight is 299 g/mol. The van der Waals surface area contributed by atoms with Crippen LogP contribution in [0.1, 0.15) is 13.3 Å². The molecule has 0 aromatic carbocycles. The predicted octanol–water partition coefficient (Wildman–Crippen LogP) is 2.10. The van der Waals surface area contributed by atoms with Gasteiger partial charge < -0.3 is 0 Å². The molecule has 0 aliphatic carbocycles. The molecule has 1 aromatic heterocycles. The van der Waals surface area contributed by atoms with Crippen molar-refractivity contribution in [2.24, 2.45) is 17.3 Å². The van der Waals surface area contributed by atoms with Gasteiger partial charge in [0.15, 0.2) is 5.82 Å². The van der Waals surface area contributed by atoms with Gasteiger partial charge in [-0.3, -0.25) is 19.3 Å². The van der Waals surface area contributed by atoms with E-state index in [-0.39, 0.29) is 0 Å². The molecule has 1 aromatic rings. The van der Waals surface area contributed by atoms with E-state index in [4.69, 9.17) is 4.84 Å². The molecular weight excluding hydrogens is 282 g/mol. The van der Waals surface area contributed by atoms with Crippen molar-refractivity contribution in [1.82, 2.24) is 19.7 Å². The number of hydroxylamine groups is 2. The van der Waals surface area contributed by atoms with Crippen LogP contribution in [0, 0.1) is 0 Å². The lowest BCUT2D eigenvalue weighted by molar-refractivity contribution is -0.0952. The third-order valence-corrected chi connectivity index (χ3v) is 3.90. The van der Waals surface area contributed by atoms with Crippen molar-refractivity contribution in [3.8, 4) is 0 Å². The first-order valence-electron chi connectivity index (χ1n) is 7.07. The number of nitrogens with zero attached hydrogens (tertiary/aromatic N) is 7. The molecule has 4 rings (SSSR count). The Balaban J connectivity index is 1.80. The van der Waals surface area contributed by atoms with Gasteiger partial charge in [0.05, 0.1) is 19.5 Å². The highest BCUT2D eigenvalue weighted by Gasteiger charge is 2.35. The van der Waals surface area contributed by atoms with E-state index in [0.717, 1.165) is 29.6 Å². The minimum Gasteiger partial charge on any atom is -0.287 e. The van der Waals surface area contributed by atoms with Gasteiger partial charge in [0.25, 0.3) is 0 Å². The summed E-state index contributed by atoms with van der Waals surface area (Å²) in [6.07, 6.45) is 6.56. The molecule has 0 spiro atoms. The van der Waals surface area contributed by atoms with Crippen LogP contribution in [0.2, 0.25) is 0 Å². The number of aryl methyl sites for hydroxylation is 1. The molecule has 3 aliphatic rings. The Morgan fingerprint density at radius 1 is 1.23 bits per heavy atom. The van der Waals surface area contributed by atoms with E-state index in [9.17, 15) is 0 Å². The molecule has 0 bridgehead atoms. The number of hydrogen-bond donors (Lipinski definition) is 0. The maximum Gasteiger partial charge on any atom is 0.177 e. The lowest BCUT2D eigenvalue weighted by atomic mass is 10.1. The number of azo groups is 1. The Labute approximate surface area is 128 Å². The molecule has 8 heteroatoms. The van der Waals surface area contributed by atoms with Crippen LogP contribution in [0.3, 0.4) is 0 Å². The number of fused-ring (bicyclic) bond motifs is 2. The van der Waals surface area contributed by atoms with Gasteiger partial charge in [0, 0.05) is 25.7 Å². The molecule has 0 N–H and O–H groups in total. The van der Waals surface area contributed by atoms with Gasteiger partial charge in [-0.2, -0.15) is 5.10 Å². The third kappa shape index (κ3) is 1.84. The molecule has 4 heterocycles. The summed E-state index contributed by atoms with van der Waals surface area (Å²) in [7, 11) is 3.58. The first kappa shape index (κ1) is 13.1. The van der Waals surface area contributed by atoms with Crippen LogP contribution in [-0.2, 0) is 11.9 Å². The highest BCUT2D eigenvalue weighted by Crippen LogP contribution is 2.39. The molecule has 0 saturated heterocycles. The quantitative estimate of drug-likeness (QED) is 0.837. The van der Waals surface area contributed by atoms with Gasteiger partial charge in [-0.25, -0.2) is 5.06 Å². The summed E-state index contributed by atoms with van der Waals surface area (Å²) in [6, 6.07) is 1.99. The monoisotopic (exact) mass is 299 g/mol. The molecular formula is C14H17N7O. The largest absolute Gasteiger partial charge is 0.287 e. The summed E-state index contributed by atoms with van der Waals surface area (Å²) < 4.78 is 1.85. The van der Waals surface area contributed by atoms with Gasteiger partial charge >= 0.3 is 0 Å². The van der Waals surface area contributed by atoms with E-state index in [1.54, 1.807) is 18.4 Å². The number of anilines is 1. The highest BCUT2D eigenvalue weighted by molar-refractivity contribution is 5.55. The summed E-state index contributed by atoms with van der Waals surface area (Å²) in [4.78, 5) is 9.51. The Morgan fingerprint density at radius 3 is 2.82 bits per heavy atom. The fraction of sp³-hybridized carbons (Fsp3) is 0.357. The summed E-state index contributed by atoms with van der Waals surface area (Å²) in [5.41, 5.74) is 2.19. The fourth-order valence-electron chi connectivity index (χ4n) is 2.88. The van der Waals surface area contributed by atoms with Gasteiger partial charge in [0.2, 0.25) is 0 Å². The molecule has 0 amide bonds. The van der Waals surface area contributed by atoms with Crippen molar-refractivity contribution in [3.63, 3.8) is 0 Å². The zero-order valence-electron chi connectivity index (χ0n) is 12.8. The third-order valence-electron chi connectivity index (χ3n) is 3.90. The van der Waals surface area contributed by atoms with Crippen molar-refractivity contribution < 1.29 is 4.84 Å². The second-order valence-electron chi connectivity index (χ2n) is 5.46. The van der Waals surface area contributed by atoms with Crippen LogP contribution in [0.15, 0.2) is 57.8 Å². The van der Waals surface area contributed by atoms with Crippen LogP contribution >= 0.6 is 0 Å². The van der Waals surface area contributed by atoms with E-state index in [0.29, 0.717) is 6.67 Å². The zero-order valence-corrected chi connectivity index (χ0v) is 12.8. The smallest absolute Gasteiger partial charge is 0.177 e. The number of hydrogen-bond acceptors (Lipinski definition) is 7. The average Bonchev–Trinajstić information content (AvgIpc) is 3.11. The normalized spacial score (nSPS) is 20.2. The van der Waals surface area contributed by atoms with Crippen molar-refractivity contribution in [1.29, 1.82) is 0 Å². The van der Waals surface area contributed by atoms with Crippen LogP contribution in [-0.4, -0.2) is 33.5 Å². The maximum absolute atomic E-state index is 5.29. The molecule has 0 radical (unpaired) electrons. The first-order chi connectivity index (χ1) is 10.7. The van der Waals surface area contributed by atoms with E-state index in [1.165, 1.54) is 5.57 Å². The zero-order chi connectivity index (χ0) is 15.3. The molecule has 3 aliphatic heterocycles. The van der Waals surface area contributed by atoms with Gasteiger partial charge in [0.1, 0.15) is 24.0 Å². The second kappa shape index (κ2) is 4.70. The van der Waals surface area contributed by atoms with E-state index >= 15 is 0 Å². The molecule has 114 valence electrons. The maximum atomic E-state index is 5.29. The topological polar surface area (TPSA) is 61.5 Å². The number of allylic oxidation sites excluding steroid dienone is 1. The van der Waals surface area contributed by atoms with E-state index in [2.05, 4.69) is 38.3 Å². The molecule has 0 unspecified atom stereocenters. The molecule has 8 nitrogen and oxygen atoms in total. The minimum atomic E-state index is 0.588. The van der Waals surface area contributed by atoms with Crippen molar-refractivity contribution in [3.05, 3.63) is 47.6 Å². The Kier molecular flexibility index (Phi) is 2.80. The summed E-state index contributed by atoms with van der Waals surface area (Å²) >= 11 is 0. The van der Waals surface area contributed by atoms with E-state index < -0.39 is 0 Å². The van der Waals surface area contributed by atoms with Crippen LogP contribution in [0.4, 0.5) is 5.82 Å². The Morgan fingerprint density at radius 2 is 2.09 bits per heavy atom. The Bertz CT molecular complexity index is 742. The second-order valence-corrected chi connectivity index (χ2v) is 5.46. The summed E-state index contributed by atoms with van der Waals surface area (Å²) in [5.74, 6) is 2.77. The van der Waals surface area contributed by atoms with E-state index in [1.807, 2.05) is 24.0 Å². The molecule has 22 heavy (non-hydrogen) atoms. The Hall–Kier alpha value is -2.61. The van der Waals surface area contributed by atoms with Gasteiger partial charge in [-0.15, -0.1) is 10.2 Å². The van der Waals surface area contributed by atoms with Crippen molar-refractivity contribution in [2.75, 3.05) is 18.7 Å².